The minimum Gasteiger partial charge on any atom is -0.392 e. The summed E-state index contributed by atoms with van der Waals surface area (Å²) in [6.07, 6.45) is -4.01. The maximum Gasteiger partial charge on any atom is 0.391 e. The summed E-state index contributed by atoms with van der Waals surface area (Å²) in [5.74, 6) is 0.689. The van der Waals surface area contributed by atoms with Gasteiger partial charge in [-0.05, 0) is 37.0 Å². The van der Waals surface area contributed by atoms with Crippen LogP contribution >= 0.6 is 0 Å². The number of hydrogen-bond acceptors (Lipinski definition) is 1. The van der Waals surface area contributed by atoms with Crippen LogP contribution in [-0.4, -0.2) is 17.4 Å². The largest absolute Gasteiger partial charge is 0.392 e. The molecule has 0 amide bonds. The molecule has 1 saturated carbocycles. The monoisotopic (exact) mass is 224 g/mol. The summed E-state index contributed by atoms with van der Waals surface area (Å²) in [4.78, 5) is 0. The molecule has 0 bridgehead atoms. The van der Waals surface area contributed by atoms with Crippen LogP contribution in [0.5, 0.6) is 0 Å². The van der Waals surface area contributed by atoms with E-state index in [9.17, 15) is 18.3 Å². The molecule has 3 atom stereocenters. The molecule has 1 aliphatic rings. The molecule has 1 N–H and O–H groups in total. The van der Waals surface area contributed by atoms with Crippen molar-refractivity contribution in [2.75, 3.05) is 0 Å². The molecule has 90 valence electrons. The van der Waals surface area contributed by atoms with Gasteiger partial charge in [0.1, 0.15) is 0 Å². The Morgan fingerprint density at radius 2 is 1.60 bits per heavy atom. The van der Waals surface area contributed by atoms with Crippen molar-refractivity contribution in [3.8, 4) is 0 Å². The van der Waals surface area contributed by atoms with Gasteiger partial charge in [0.05, 0.1) is 12.5 Å². The highest BCUT2D eigenvalue weighted by Gasteiger charge is 2.37. The average molecular weight is 224 g/mol. The number of aliphatic hydroxyl groups is 1. The molecule has 1 rings (SSSR count). The maximum atomic E-state index is 12.1. The van der Waals surface area contributed by atoms with E-state index in [4.69, 9.17) is 0 Å². The van der Waals surface area contributed by atoms with Gasteiger partial charge in [0.2, 0.25) is 0 Å². The lowest BCUT2D eigenvalue weighted by Gasteiger charge is -2.34. The summed E-state index contributed by atoms with van der Waals surface area (Å²) < 4.78 is 36.3. The molecule has 0 radical (unpaired) electrons. The standard InChI is InChI=1S/C11H19F3O/c1-7-3-8(2)5-9(4-7)10(15)6-11(12,13)14/h7-10,15H,3-6H2,1-2H3. The van der Waals surface area contributed by atoms with Crippen molar-refractivity contribution < 1.29 is 18.3 Å². The van der Waals surface area contributed by atoms with E-state index in [2.05, 4.69) is 0 Å². The third kappa shape index (κ3) is 4.41. The van der Waals surface area contributed by atoms with Crippen LogP contribution in [0, 0.1) is 17.8 Å². The molecule has 0 saturated heterocycles. The lowest BCUT2D eigenvalue weighted by atomic mass is 9.74. The molecule has 0 aromatic rings. The molecule has 3 unspecified atom stereocenters. The average Bonchev–Trinajstić information content (AvgIpc) is 1.98. The first-order chi connectivity index (χ1) is 6.78. The SMILES string of the molecule is CC1CC(C)CC(C(O)CC(F)(F)F)C1. The van der Waals surface area contributed by atoms with Crippen molar-refractivity contribution >= 4 is 0 Å². The Morgan fingerprint density at radius 3 is 2.00 bits per heavy atom. The van der Waals surface area contributed by atoms with E-state index in [0.29, 0.717) is 11.8 Å². The van der Waals surface area contributed by atoms with Crippen molar-refractivity contribution in [3.05, 3.63) is 0 Å². The fourth-order valence-corrected chi connectivity index (χ4v) is 2.73. The molecule has 0 aliphatic heterocycles. The van der Waals surface area contributed by atoms with Crippen molar-refractivity contribution in [1.29, 1.82) is 0 Å². The summed E-state index contributed by atoms with van der Waals surface area (Å²) in [6, 6.07) is 0. The number of halogens is 3. The molecule has 0 spiro atoms. The molecule has 0 heterocycles. The number of alkyl halides is 3. The van der Waals surface area contributed by atoms with Gasteiger partial charge in [0, 0.05) is 0 Å². The first-order valence-corrected chi connectivity index (χ1v) is 5.52. The van der Waals surface area contributed by atoms with Crippen LogP contribution in [0.2, 0.25) is 0 Å². The Bertz CT molecular complexity index is 192. The summed E-state index contributed by atoms with van der Waals surface area (Å²) in [7, 11) is 0. The van der Waals surface area contributed by atoms with Crippen LogP contribution in [0.3, 0.4) is 0 Å². The topological polar surface area (TPSA) is 20.2 Å². The van der Waals surface area contributed by atoms with Crippen molar-refractivity contribution in [2.24, 2.45) is 17.8 Å². The van der Waals surface area contributed by atoms with Crippen LogP contribution < -0.4 is 0 Å². The minimum atomic E-state index is -4.25. The van der Waals surface area contributed by atoms with E-state index >= 15 is 0 Å². The van der Waals surface area contributed by atoms with Crippen LogP contribution in [0.4, 0.5) is 13.2 Å². The third-order valence-corrected chi connectivity index (χ3v) is 3.20. The third-order valence-electron chi connectivity index (χ3n) is 3.20. The van der Waals surface area contributed by atoms with Gasteiger partial charge in [-0.15, -0.1) is 0 Å². The van der Waals surface area contributed by atoms with Gasteiger partial charge in [0.25, 0.3) is 0 Å². The zero-order valence-electron chi connectivity index (χ0n) is 9.22. The Balaban J connectivity index is 2.48. The Morgan fingerprint density at radius 1 is 1.13 bits per heavy atom. The van der Waals surface area contributed by atoms with Gasteiger partial charge < -0.3 is 5.11 Å². The highest BCUT2D eigenvalue weighted by molar-refractivity contribution is 4.80. The van der Waals surface area contributed by atoms with Crippen molar-refractivity contribution in [2.45, 2.75) is 51.8 Å². The molecule has 1 fully saturated rings. The van der Waals surface area contributed by atoms with Crippen LogP contribution in [0.15, 0.2) is 0 Å². The first kappa shape index (κ1) is 12.8. The van der Waals surface area contributed by atoms with Crippen LogP contribution in [0.25, 0.3) is 0 Å². The quantitative estimate of drug-likeness (QED) is 0.762. The molecule has 0 aromatic carbocycles. The predicted molar refractivity (Wildman–Crippen MR) is 52.3 cm³/mol. The van der Waals surface area contributed by atoms with E-state index in [-0.39, 0.29) is 5.92 Å². The first-order valence-electron chi connectivity index (χ1n) is 5.52. The molecule has 0 aromatic heterocycles. The fourth-order valence-electron chi connectivity index (χ4n) is 2.73. The van der Waals surface area contributed by atoms with E-state index < -0.39 is 18.7 Å². The predicted octanol–water partition coefficient (Wildman–Crippen LogP) is 3.37. The second-order valence-electron chi connectivity index (χ2n) is 5.06. The van der Waals surface area contributed by atoms with E-state index in [1.165, 1.54) is 0 Å². The lowest BCUT2D eigenvalue weighted by molar-refractivity contribution is -0.162. The zero-order chi connectivity index (χ0) is 11.6. The Kier molecular flexibility index (Phi) is 4.04. The van der Waals surface area contributed by atoms with Crippen LogP contribution in [0.1, 0.15) is 39.5 Å². The highest BCUT2D eigenvalue weighted by Crippen LogP contribution is 2.37. The summed E-state index contributed by atoms with van der Waals surface area (Å²) >= 11 is 0. The molecule has 1 nitrogen and oxygen atoms in total. The summed E-state index contributed by atoms with van der Waals surface area (Å²) in [5, 5.41) is 9.53. The highest BCUT2D eigenvalue weighted by atomic mass is 19.4. The van der Waals surface area contributed by atoms with E-state index in [1.54, 1.807) is 0 Å². The van der Waals surface area contributed by atoms with Gasteiger partial charge >= 0.3 is 6.18 Å². The number of rotatable bonds is 2. The minimum absolute atomic E-state index is 0.176. The van der Waals surface area contributed by atoms with Gasteiger partial charge in [-0.2, -0.15) is 13.2 Å². The molecule has 4 heteroatoms. The van der Waals surface area contributed by atoms with Crippen LogP contribution in [-0.2, 0) is 0 Å². The summed E-state index contributed by atoms with van der Waals surface area (Å²) in [6.45, 7) is 4.09. The molecule has 1 aliphatic carbocycles. The fraction of sp³-hybridized carbons (Fsp3) is 1.00. The maximum absolute atomic E-state index is 12.1. The second kappa shape index (κ2) is 4.73. The van der Waals surface area contributed by atoms with Gasteiger partial charge in [-0.3, -0.25) is 0 Å². The zero-order valence-corrected chi connectivity index (χ0v) is 9.22. The lowest BCUT2D eigenvalue weighted by Crippen LogP contribution is -2.32. The number of hydrogen-bond donors (Lipinski definition) is 1. The molecular formula is C11H19F3O. The number of aliphatic hydroxyl groups excluding tert-OH is 1. The molecular weight excluding hydrogens is 205 g/mol. The Hall–Kier alpha value is -0.250. The van der Waals surface area contributed by atoms with Gasteiger partial charge in [0.15, 0.2) is 0 Å². The van der Waals surface area contributed by atoms with Crippen molar-refractivity contribution in [3.63, 3.8) is 0 Å². The van der Waals surface area contributed by atoms with Gasteiger partial charge in [-0.1, -0.05) is 13.8 Å². The van der Waals surface area contributed by atoms with E-state index in [0.717, 1.165) is 19.3 Å². The smallest absolute Gasteiger partial charge is 0.391 e. The molecule has 15 heavy (non-hydrogen) atoms. The normalized spacial score (nSPS) is 35.2. The second-order valence-corrected chi connectivity index (χ2v) is 5.06. The summed E-state index contributed by atoms with van der Waals surface area (Å²) in [5.41, 5.74) is 0. The van der Waals surface area contributed by atoms with Gasteiger partial charge in [-0.25, -0.2) is 0 Å². The Labute approximate surface area is 88.7 Å². The van der Waals surface area contributed by atoms with E-state index in [1.807, 2.05) is 13.8 Å². The van der Waals surface area contributed by atoms with Crippen molar-refractivity contribution in [1.82, 2.24) is 0 Å².